The first kappa shape index (κ1) is 18.3. The molecule has 1 fully saturated rings. The zero-order valence-electron chi connectivity index (χ0n) is 14.2. The zero-order valence-corrected chi connectivity index (χ0v) is 15.8. The lowest BCUT2D eigenvalue weighted by molar-refractivity contribution is -0.130. The van der Waals surface area contributed by atoms with Gasteiger partial charge in [-0.1, -0.05) is 11.6 Å². The van der Waals surface area contributed by atoms with Crippen molar-refractivity contribution in [3.8, 4) is 11.3 Å². The van der Waals surface area contributed by atoms with Gasteiger partial charge in [0.15, 0.2) is 5.76 Å². The van der Waals surface area contributed by atoms with Crippen LogP contribution in [0.3, 0.4) is 0 Å². The molecule has 0 bridgehead atoms. The number of oxazole rings is 1. The minimum atomic E-state index is -0.107. The van der Waals surface area contributed by atoms with Gasteiger partial charge in [-0.15, -0.1) is 11.8 Å². The summed E-state index contributed by atoms with van der Waals surface area (Å²) in [7, 11) is 0. The highest BCUT2D eigenvalue weighted by atomic mass is 35.5. The molecule has 1 N–H and O–H groups in total. The van der Waals surface area contributed by atoms with Gasteiger partial charge >= 0.3 is 0 Å². The molecule has 1 aromatic heterocycles. The Morgan fingerprint density at radius 3 is 2.96 bits per heavy atom. The third-order valence-electron chi connectivity index (χ3n) is 4.14. The Hall–Kier alpha value is -1.50. The van der Waals surface area contributed by atoms with E-state index in [1.54, 1.807) is 18.0 Å². The van der Waals surface area contributed by atoms with Gasteiger partial charge in [0, 0.05) is 30.2 Å². The summed E-state index contributed by atoms with van der Waals surface area (Å²) in [5.41, 5.74) is 0.939. The van der Waals surface area contributed by atoms with Crippen LogP contribution in [0.2, 0.25) is 5.02 Å². The van der Waals surface area contributed by atoms with Crippen LogP contribution in [0.1, 0.15) is 19.2 Å². The summed E-state index contributed by atoms with van der Waals surface area (Å²) in [6, 6.07) is 7.45. The molecule has 1 saturated heterocycles. The SMILES string of the molecule is CC(SCc1ncc(-c2ccc(Cl)cc2)o1)C(=O)N1CCCNCC1. The summed E-state index contributed by atoms with van der Waals surface area (Å²) < 4.78 is 5.80. The van der Waals surface area contributed by atoms with Gasteiger partial charge in [-0.3, -0.25) is 4.79 Å². The summed E-state index contributed by atoms with van der Waals surface area (Å²) in [4.78, 5) is 18.8. The molecule has 0 saturated carbocycles. The van der Waals surface area contributed by atoms with Crippen molar-refractivity contribution in [2.75, 3.05) is 26.2 Å². The van der Waals surface area contributed by atoms with Crippen LogP contribution < -0.4 is 5.32 Å². The first-order valence-electron chi connectivity index (χ1n) is 8.45. The summed E-state index contributed by atoms with van der Waals surface area (Å²) in [5.74, 6) is 2.11. The first-order chi connectivity index (χ1) is 12.1. The van der Waals surface area contributed by atoms with Crippen molar-refractivity contribution in [3.05, 3.63) is 41.4 Å². The van der Waals surface area contributed by atoms with Crippen LogP contribution in [0, 0.1) is 0 Å². The van der Waals surface area contributed by atoms with Crippen molar-refractivity contribution >= 4 is 29.3 Å². The van der Waals surface area contributed by atoms with E-state index in [0.29, 0.717) is 22.4 Å². The number of nitrogens with one attached hydrogen (secondary N) is 1. The van der Waals surface area contributed by atoms with Gasteiger partial charge in [0.1, 0.15) is 0 Å². The van der Waals surface area contributed by atoms with Crippen molar-refractivity contribution in [2.24, 2.45) is 0 Å². The predicted octanol–water partition coefficient (Wildman–Crippen LogP) is 3.44. The highest BCUT2D eigenvalue weighted by molar-refractivity contribution is 7.99. The Bertz CT molecular complexity index is 697. The Kier molecular flexibility index (Phi) is 6.39. The summed E-state index contributed by atoms with van der Waals surface area (Å²) in [5, 5.41) is 3.90. The van der Waals surface area contributed by atoms with E-state index in [0.717, 1.165) is 38.2 Å². The number of aromatic nitrogens is 1. The third-order valence-corrected chi connectivity index (χ3v) is 5.51. The second-order valence-electron chi connectivity index (χ2n) is 6.01. The van der Waals surface area contributed by atoms with Crippen molar-refractivity contribution in [1.82, 2.24) is 15.2 Å². The standard InChI is InChI=1S/C18H22ClN3O2S/c1-13(18(23)22-9-2-7-20-8-10-22)25-12-17-21-11-16(24-17)14-3-5-15(19)6-4-14/h3-6,11,13,20H,2,7-10,12H2,1H3. The largest absolute Gasteiger partial charge is 0.440 e. The number of rotatable bonds is 5. The molecule has 5 nitrogen and oxygen atoms in total. The number of nitrogens with zero attached hydrogens (tertiary/aromatic N) is 2. The lowest BCUT2D eigenvalue weighted by atomic mass is 10.2. The van der Waals surface area contributed by atoms with Crippen molar-refractivity contribution < 1.29 is 9.21 Å². The Morgan fingerprint density at radius 1 is 1.36 bits per heavy atom. The number of carbonyl (C=O) groups excluding carboxylic acids is 1. The topological polar surface area (TPSA) is 58.4 Å². The van der Waals surface area contributed by atoms with Crippen molar-refractivity contribution in [3.63, 3.8) is 0 Å². The molecule has 0 aliphatic carbocycles. The Labute approximate surface area is 157 Å². The van der Waals surface area contributed by atoms with Gasteiger partial charge < -0.3 is 14.6 Å². The molecule has 0 spiro atoms. The van der Waals surface area contributed by atoms with Gasteiger partial charge in [-0.25, -0.2) is 4.98 Å². The molecule has 3 rings (SSSR count). The van der Waals surface area contributed by atoms with Crippen LogP contribution in [0.4, 0.5) is 0 Å². The number of thioether (sulfide) groups is 1. The van der Waals surface area contributed by atoms with Gasteiger partial charge in [0.05, 0.1) is 17.2 Å². The molecule has 25 heavy (non-hydrogen) atoms. The fourth-order valence-corrected chi connectivity index (χ4v) is 3.66. The van der Waals surface area contributed by atoms with E-state index in [4.69, 9.17) is 16.0 Å². The number of benzene rings is 1. The fraction of sp³-hybridized carbons (Fsp3) is 0.444. The fourth-order valence-electron chi connectivity index (χ4n) is 2.72. The Morgan fingerprint density at radius 2 is 2.16 bits per heavy atom. The summed E-state index contributed by atoms with van der Waals surface area (Å²) in [6.07, 6.45) is 2.72. The first-order valence-corrected chi connectivity index (χ1v) is 9.88. The normalized spacial score (nSPS) is 16.5. The molecule has 1 atom stereocenters. The van der Waals surface area contributed by atoms with Gasteiger partial charge in [0.2, 0.25) is 11.8 Å². The second kappa shape index (κ2) is 8.74. The van der Waals surface area contributed by atoms with E-state index < -0.39 is 0 Å². The van der Waals surface area contributed by atoms with E-state index in [-0.39, 0.29) is 11.2 Å². The molecule has 1 amide bonds. The smallest absolute Gasteiger partial charge is 0.235 e. The molecule has 2 aromatic rings. The van der Waals surface area contributed by atoms with Crippen LogP contribution in [-0.2, 0) is 10.5 Å². The van der Waals surface area contributed by atoms with E-state index in [9.17, 15) is 4.79 Å². The quantitative estimate of drug-likeness (QED) is 0.862. The molecule has 1 aliphatic rings. The summed E-state index contributed by atoms with van der Waals surface area (Å²) >= 11 is 7.46. The molecule has 134 valence electrons. The molecular formula is C18H22ClN3O2S. The molecular weight excluding hydrogens is 358 g/mol. The number of amides is 1. The van der Waals surface area contributed by atoms with Crippen LogP contribution in [0.25, 0.3) is 11.3 Å². The van der Waals surface area contributed by atoms with Gasteiger partial charge in [0.25, 0.3) is 0 Å². The molecule has 2 heterocycles. The minimum absolute atomic E-state index is 0.107. The van der Waals surface area contributed by atoms with E-state index >= 15 is 0 Å². The average molecular weight is 380 g/mol. The maximum absolute atomic E-state index is 12.5. The lowest BCUT2D eigenvalue weighted by Gasteiger charge is -2.23. The summed E-state index contributed by atoms with van der Waals surface area (Å²) in [6.45, 7) is 5.41. The zero-order chi connectivity index (χ0) is 17.6. The molecule has 1 aromatic carbocycles. The maximum Gasteiger partial charge on any atom is 0.235 e. The number of halogens is 1. The number of carbonyl (C=O) groups is 1. The lowest BCUT2D eigenvalue weighted by Crippen LogP contribution is -2.38. The molecule has 7 heteroatoms. The molecule has 1 unspecified atom stereocenters. The van der Waals surface area contributed by atoms with Crippen LogP contribution in [-0.4, -0.2) is 47.2 Å². The number of hydrogen-bond donors (Lipinski definition) is 1. The van der Waals surface area contributed by atoms with Gasteiger partial charge in [-0.2, -0.15) is 0 Å². The number of hydrogen-bond acceptors (Lipinski definition) is 5. The van der Waals surface area contributed by atoms with Crippen LogP contribution >= 0.6 is 23.4 Å². The maximum atomic E-state index is 12.5. The van der Waals surface area contributed by atoms with E-state index in [1.807, 2.05) is 36.1 Å². The molecule has 0 radical (unpaired) electrons. The molecule has 1 aliphatic heterocycles. The van der Waals surface area contributed by atoms with Gasteiger partial charge in [-0.05, 0) is 44.2 Å². The average Bonchev–Trinajstić information content (AvgIpc) is 2.93. The van der Waals surface area contributed by atoms with E-state index in [1.165, 1.54) is 0 Å². The van der Waals surface area contributed by atoms with Crippen LogP contribution in [0.15, 0.2) is 34.9 Å². The van der Waals surface area contributed by atoms with Crippen molar-refractivity contribution in [1.29, 1.82) is 0 Å². The van der Waals surface area contributed by atoms with Crippen molar-refractivity contribution in [2.45, 2.75) is 24.3 Å². The highest BCUT2D eigenvalue weighted by Crippen LogP contribution is 2.25. The third kappa shape index (κ3) is 5.00. The highest BCUT2D eigenvalue weighted by Gasteiger charge is 2.22. The minimum Gasteiger partial charge on any atom is -0.440 e. The monoisotopic (exact) mass is 379 g/mol. The predicted molar refractivity (Wildman–Crippen MR) is 102 cm³/mol. The second-order valence-corrected chi connectivity index (χ2v) is 7.77. The van der Waals surface area contributed by atoms with E-state index in [2.05, 4.69) is 10.3 Å². The Balaban J connectivity index is 1.54. The van der Waals surface area contributed by atoms with Crippen LogP contribution in [0.5, 0.6) is 0 Å².